The highest BCUT2D eigenvalue weighted by molar-refractivity contribution is 7.89. The Hall–Kier alpha value is -1.19. The minimum atomic E-state index is -3.41. The van der Waals surface area contributed by atoms with Gasteiger partial charge in [-0.25, -0.2) is 17.5 Å². The number of esters is 1. The van der Waals surface area contributed by atoms with Gasteiger partial charge in [0.05, 0.1) is 7.11 Å². The fourth-order valence-corrected chi connectivity index (χ4v) is 6.64. The molecule has 8 nitrogen and oxygen atoms in total. The van der Waals surface area contributed by atoms with Crippen molar-refractivity contribution in [3.63, 3.8) is 0 Å². The molecule has 2 heterocycles. The average Bonchev–Trinajstić information content (AvgIpc) is 2.91. The molecule has 2 atom stereocenters. The van der Waals surface area contributed by atoms with Crippen LogP contribution in [0.1, 0.15) is 52.4 Å². The average molecular weight is 432 g/mol. The molecule has 0 spiro atoms. The van der Waals surface area contributed by atoms with Crippen LogP contribution < -0.4 is 0 Å². The summed E-state index contributed by atoms with van der Waals surface area (Å²) in [5.74, 6) is -0.878. The zero-order chi connectivity index (χ0) is 21.8. The molecule has 1 amide bonds. The van der Waals surface area contributed by atoms with Crippen LogP contribution in [0.3, 0.4) is 0 Å². The highest BCUT2D eigenvalue weighted by Gasteiger charge is 2.40. The maximum absolute atomic E-state index is 13.2. The van der Waals surface area contributed by atoms with Crippen LogP contribution >= 0.6 is 0 Å². The van der Waals surface area contributed by atoms with Crippen molar-refractivity contribution in [2.75, 3.05) is 40.8 Å². The topological polar surface area (TPSA) is 87.2 Å². The van der Waals surface area contributed by atoms with Crippen LogP contribution in [0.4, 0.5) is 0 Å². The molecular formula is C20H37N3O5S. The Kier molecular flexibility index (Phi) is 8.48. The number of ether oxygens (including phenoxy) is 1. The Morgan fingerprint density at radius 3 is 2.21 bits per heavy atom. The smallest absolute Gasteiger partial charge is 0.328 e. The number of nitrogens with zero attached hydrogens (tertiary/aromatic N) is 3. The van der Waals surface area contributed by atoms with Crippen LogP contribution in [0.15, 0.2) is 0 Å². The number of sulfonamides is 1. The molecule has 29 heavy (non-hydrogen) atoms. The van der Waals surface area contributed by atoms with Crippen molar-refractivity contribution in [1.29, 1.82) is 0 Å². The number of carbonyl (C=O) groups excluding carboxylic acids is 2. The zero-order valence-corrected chi connectivity index (χ0v) is 19.3. The number of hydrogen-bond acceptors (Lipinski definition) is 6. The predicted octanol–water partition coefficient (Wildman–Crippen LogP) is 1.52. The maximum atomic E-state index is 13.2. The van der Waals surface area contributed by atoms with Crippen molar-refractivity contribution in [3.8, 4) is 0 Å². The number of rotatable bonds is 6. The van der Waals surface area contributed by atoms with Crippen LogP contribution in [-0.4, -0.2) is 86.7 Å². The van der Waals surface area contributed by atoms with Gasteiger partial charge in [0.2, 0.25) is 15.9 Å². The van der Waals surface area contributed by atoms with Crippen LogP contribution in [-0.2, 0) is 24.3 Å². The second-order valence-electron chi connectivity index (χ2n) is 8.66. The van der Waals surface area contributed by atoms with Gasteiger partial charge in [-0.1, -0.05) is 26.7 Å². The van der Waals surface area contributed by atoms with E-state index in [0.29, 0.717) is 32.4 Å². The second kappa shape index (κ2) is 10.2. The monoisotopic (exact) mass is 431 g/mol. The van der Waals surface area contributed by atoms with E-state index in [1.165, 1.54) is 12.0 Å². The highest BCUT2D eigenvalue weighted by Crippen LogP contribution is 2.28. The minimum Gasteiger partial charge on any atom is -0.467 e. The molecule has 0 aliphatic carbocycles. The van der Waals surface area contributed by atoms with Gasteiger partial charge in [0.15, 0.2) is 0 Å². The molecule has 2 rings (SSSR count). The molecule has 0 radical (unpaired) electrons. The zero-order valence-electron chi connectivity index (χ0n) is 18.5. The summed E-state index contributed by atoms with van der Waals surface area (Å²) < 4.78 is 32.8. The van der Waals surface area contributed by atoms with Crippen LogP contribution in [0.5, 0.6) is 0 Å². The van der Waals surface area contributed by atoms with Gasteiger partial charge in [-0.15, -0.1) is 0 Å². The van der Waals surface area contributed by atoms with E-state index in [-0.39, 0.29) is 17.7 Å². The Bertz CT molecular complexity index is 674. The summed E-state index contributed by atoms with van der Waals surface area (Å²) in [5, 5.41) is -0.468. The van der Waals surface area contributed by atoms with Crippen molar-refractivity contribution < 1.29 is 22.7 Å². The van der Waals surface area contributed by atoms with E-state index >= 15 is 0 Å². The quantitative estimate of drug-likeness (QED) is 0.593. The molecule has 1 unspecified atom stereocenters. The van der Waals surface area contributed by atoms with E-state index in [1.54, 1.807) is 11.4 Å². The molecule has 168 valence electrons. The molecule has 0 N–H and O–H groups in total. The fourth-order valence-electron chi connectivity index (χ4n) is 4.55. The van der Waals surface area contributed by atoms with Gasteiger partial charge >= 0.3 is 5.97 Å². The van der Waals surface area contributed by atoms with E-state index in [0.717, 1.165) is 25.8 Å². The summed E-state index contributed by atoms with van der Waals surface area (Å²) in [4.78, 5) is 28.5. The lowest BCUT2D eigenvalue weighted by Gasteiger charge is -2.37. The highest BCUT2D eigenvalue weighted by atomic mass is 32.2. The summed E-state index contributed by atoms with van der Waals surface area (Å²) in [6.07, 6.45) is 4.64. The number of hydrogen-bond donors (Lipinski definition) is 0. The van der Waals surface area contributed by atoms with Crippen molar-refractivity contribution in [3.05, 3.63) is 0 Å². The molecular weight excluding hydrogens is 394 g/mol. The Morgan fingerprint density at radius 1 is 1.03 bits per heavy atom. The molecule has 2 aliphatic rings. The Balaban J connectivity index is 2.02. The Labute approximate surface area is 175 Å². The van der Waals surface area contributed by atoms with Crippen LogP contribution in [0.25, 0.3) is 0 Å². The Morgan fingerprint density at radius 2 is 1.66 bits per heavy atom. The molecule has 2 saturated heterocycles. The lowest BCUT2D eigenvalue weighted by molar-refractivity contribution is -0.155. The summed E-state index contributed by atoms with van der Waals surface area (Å²) in [6, 6.07) is -0.631. The van der Waals surface area contributed by atoms with E-state index < -0.39 is 27.4 Å². The third-order valence-corrected chi connectivity index (χ3v) is 8.67. The third kappa shape index (κ3) is 5.49. The summed E-state index contributed by atoms with van der Waals surface area (Å²) in [5.41, 5.74) is 0. The number of carbonyl (C=O) groups is 2. The van der Waals surface area contributed by atoms with Crippen molar-refractivity contribution >= 4 is 21.9 Å². The summed E-state index contributed by atoms with van der Waals surface area (Å²) in [7, 11) is 1.43. The van der Waals surface area contributed by atoms with Gasteiger partial charge in [-0.3, -0.25) is 9.69 Å². The SMILES string of the molecule is COC(=O)C(C(C)C)N(C)C(=O)C1CCN(S(=O)(=O)[C@H]2CCCCCN2C)CC1. The third-order valence-electron chi connectivity index (χ3n) is 6.30. The van der Waals surface area contributed by atoms with Gasteiger partial charge in [0, 0.05) is 26.1 Å². The number of likely N-dealkylation sites (N-methyl/N-ethyl adjacent to an activating group) is 1. The lowest BCUT2D eigenvalue weighted by atomic mass is 9.94. The number of amides is 1. The van der Waals surface area contributed by atoms with Gasteiger partial charge < -0.3 is 9.64 Å². The van der Waals surface area contributed by atoms with Crippen LogP contribution in [0, 0.1) is 11.8 Å². The van der Waals surface area contributed by atoms with Crippen molar-refractivity contribution in [2.45, 2.75) is 63.8 Å². The standard InChI is InChI=1S/C20H37N3O5S/c1-15(2)18(20(25)28-5)22(4)19(24)16-10-13-23(14-11-16)29(26,27)17-9-7-6-8-12-21(17)3/h15-18H,6-14H2,1-5H3/t17-,18?/m0/s1. The largest absolute Gasteiger partial charge is 0.467 e. The normalized spacial score (nSPS) is 24.1. The van der Waals surface area contributed by atoms with E-state index in [9.17, 15) is 18.0 Å². The molecule has 0 aromatic rings. The lowest BCUT2D eigenvalue weighted by Crippen LogP contribution is -2.52. The number of piperidine rings is 1. The van der Waals surface area contributed by atoms with Crippen molar-refractivity contribution in [2.24, 2.45) is 11.8 Å². The van der Waals surface area contributed by atoms with E-state index in [1.807, 2.05) is 25.8 Å². The molecule has 2 aliphatic heterocycles. The maximum Gasteiger partial charge on any atom is 0.328 e. The molecule has 0 bridgehead atoms. The molecule has 0 aromatic carbocycles. The van der Waals surface area contributed by atoms with Gasteiger partial charge in [-0.2, -0.15) is 0 Å². The van der Waals surface area contributed by atoms with Crippen molar-refractivity contribution in [1.82, 2.24) is 14.1 Å². The summed E-state index contributed by atoms with van der Waals surface area (Å²) in [6.45, 7) is 5.25. The number of likely N-dealkylation sites (tertiary alicyclic amines) is 1. The van der Waals surface area contributed by atoms with E-state index in [4.69, 9.17) is 4.74 Å². The van der Waals surface area contributed by atoms with Gasteiger partial charge in [0.25, 0.3) is 0 Å². The summed E-state index contributed by atoms with van der Waals surface area (Å²) >= 11 is 0. The predicted molar refractivity (Wildman–Crippen MR) is 112 cm³/mol. The second-order valence-corrected chi connectivity index (χ2v) is 10.8. The minimum absolute atomic E-state index is 0.0670. The van der Waals surface area contributed by atoms with Gasteiger partial charge in [-0.05, 0) is 45.2 Å². The fraction of sp³-hybridized carbons (Fsp3) is 0.900. The molecule has 0 aromatic heterocycles. The number of methoxy groups -OCH3 is 1. The van der Waals surface area contributed by atoms with Gasteiger partial charge in [0.1, 0.15) is 11.4 Å². The first kappa shape index (κ1) is 24.1. The molecule has 0 saturated carbocycles. The van der Waals surface area contributed by atoms with Crippen LogP contribution in [0.2, 0.25) is 0 Å². The molecule has 2 fully saturated rings. The first-order valence-corrected chi connectivity index (χ1v) is 12.1. The molecule has 9 heteroatoms. The first-order valence-electron chi connectivity index (χ1n) is 10.6. The van der Waals surface area contributed by atoms with E-state index in [2.05, 4.69) is 0 Å². The first-order chi connectivity index (χ1) is 13.6.